The lowest BCUT2D eigenvalue weighted by atomic mass is 9.89. The molecule has 1 unspecified atom stereocenters. The Labute approximate surface area is 211 Å². The standard InChI is InChI=1S/C26H30N4O5S/c1-17(2)35-19-9-11-22(12-10-19)36(31,32)30-25-24(29-26(3)13-7-6-8-23(26)28-25)27-18-14-20(33-4)16-21(15-18)34-5/h6-12,14-17H,13H2,1-5H3,(H,27,29)(H,28,30). The molecule has 4 rings (SSSR count). The van der Waals surface area contributed by atoms with Crippen molar-refractivity contribution >= 4 is 27.4 Å². The Morgan fingerprint density at radius 1 is 1.06 bits per heavy atom. The maximum atomic E-state index is 13.2. The van der Waals surface area contributed by atoms with Crippen molar-refractivity contribution in [3.8, 4) is 17.2 Å². The number of methoxy groups -OCH3 is 2. The van der Waals surface area contributed by atoms with E-state index in [4.69, 9.17) is 19.2 Å². The maximum Gasteiger partial charge on any atom is 0.284 e. The summed E-state index contributed by atoms with van der Waals surface area (Å²) in [6, 6.07) is 11.4. The van der Waals surface area contributed by atoms with Gasteiger partial charge in [-0.25, -0.2) is 0 Å². The van der Waals surface area contributed by atoms with Gasteiger partial charge in [0.2, 0.25) is 0 Å². The zero-order valence-corrected chi connectivity index (χ0v) is 21.7. The highest BCUT2D eigenvalue weighted by atomic mass is 32.2. The molecule has 1 heterocycles. The average molecular weight is 511 g/mol. The van der Waals surface area contributed by atoms with Crippen LogP contribution in [0.25, 0.3) is 0 Å². The summed E-state index contributed by atoms with van der Waals surface area (Å²) >= 11 is 0. The maximum absolute atomic E-state index is 13.2. The third kappa shape index (κ3) is 5.54. The van der Waals surface area contributed by atoms with Crippen LogP contribution in [-0.2, 0) is 10.0 Å². The zero-order valence-electron chi connectivity index (χ0n) is 20.9. The smallest absolute Gasteiger partial charge is 0.284 e. The predicted octanol–water partition coefficient (Wildman–Crippen LogP) is 4.29. The summed E-state index contributed by atoms with van der Waals surface area (Å²) in [5.74, 6) is 2.09. The Morgan fingerprint density at radius 2 is 1.72 bits per heavy atom. The molecule has 0 amide bonds. The molecule has 0 radical (unpaired) electrons. The van der Waals surface area contributed by atoms with Crippen molar-refractivity contribution in [1.29, 1.82) is 0 Å². The molecule has 0 bridgehead atoms. The highest BCUT2D eigenvalue weighted by Gasteiger charge is 2.36. The Bertz CT molecular complexity index is 1340. The Hall–Kier alpha value is -3.79. The van der Waals surface area contributed by atoms with E-state index in [1.54, 1.807) is 44.6 Å². The predicted molar refractivity (Wildman–Crippen MR) is 141 cm³/mol. The number of sulfonamides is 1. The van der Waals surface area contributed by atoms with E-state index in [2.05, 4.69) is 15.0 Å². The Balaban J connectivity index is 1.74. The lowest BCUT2D eigenvalue weighted by molar-refractivity contribution is 0.242. The number of nitrogens with one attached hydrogen (secondary N) is 2. The minimum atomic E-state index is -4.06. The number of fused-ring (bicyclic) bond motifs is 1. The molecule has 0 spiro atoms. The van der Waals surface area contributed by atoms with Crippen LogP contribution in [0.3, 0.4) is 0 Å². The minimum absolute atomic E-state index is 0.0219. The number of hydrogen-bond donors (Lipinski definition) is 2. The first kappa shape index (κ1) is 25.3. The fourth-order valence-electron chi connectivity index (χ4n) is 3.82. The molecule has 1 atom stereocenters. The van der Waals surface area contributed by atoms with E-state index in [0.717, 1.165) is 5.70 Å². The summed E-state index contributed by atoms with van der Waals surface area (Å²) in [6.07, 6.45) is 6.42. The van der Waals surface area contributed by atoms with E-state index in [9.17, 15) is 8.42 Å². The number of benzene rings is 2. The molecule has 0 aromatic heterocycles. The quantitative estimate of drug-likeness (QED) is 0.572. The van der Waals surface area contributed by atoms with Crippen LogP contribution in [0.15, 0.2) is 80.7 Å². The average Bonchev–Trinajstić information content (AvgIpc) is 2.84. The molecule has 9 nitrogen and oxygen atoms in total. The van der Waals surface area contributed by atoms with Crippen LogP contribution in [0.4, 0.5) is 5.69 Å². The number of rotatable bonds is 7. The highest BCUT2D eigenvalue weighted by molar-refractivity contribution is 7.90. The van der Waals surface area contributed by atoms with Gasteiger partial charge in [-0.05, 0) is 57.5 Å². The normalized spacial score (nSPS) is 20.2. The number of allylic oxidation sites excluding steroid dienone is 2. The van der Waals surface area contributed by atoms with Gasteiger partial charge in [0.05, 0.1) is 25.2 Å². The Kier molecular flexibility index (Phi) is 7.07. The number of nitrogens with zero attached hydrogens (tertiary/aromatic N) is 2. The van der Waals surface area contributed by atoms with Gasteiger partial charge < -0.3 is 24.8 Å². The highest BCUT2D eigenvalue weighted by Crippen LogP contribution is 2.32. The molecule has 2 aromatic rings. The van der Waals surface area contributed by atoms with Crippen LogP contribution < -0.4 is 24.8 Å². The van der Waals surface area contributed by atoms with E-state index < -0.39 is 15.6 Å². The van der Waals surface area contributed by atoms with Crippen LogP contribution in [0, 0.1) is 0 Å². The lowest BCUT2D eigenvalue weighted by Gasteiger charge is -2.35. The number of hydrogen-bond acceptors (Lipinski definition) is 7. The molecular weight excluding hydrogens is 480 g/mol. The first-order chi connectivity index (χ1) is 17.1. The van der Waals surface area contributed by atoms with Gasteiger partial charge in [0.25, 0.3) is 10.0 Å². The number of anilines is 1. The fourth-order valence-corrected chi connectivity index (χ4v) is 4.78. The van der Waals surface area contributed by atoms with Gasteiger partial charge in [-0.3, -0.25) is 4.99 Å². The summed E-state index contributed by atoms with van der Waals surface area (Å²) in [5.41, 5.74) is 0.765. The summed E-state index contributed by atoms with van der Waals surface area (Å²) in [7, 11) is -0.945. The van der Waals surface area contributed by atoms with E-state index in [-0.39, 0.29) is 22.7 Å². The van der Waals surface area contributed by atoms with Gasteiger partial charge in [-0.1, -0.05) is 12.2 Å². The molecule has 0 saturated heterocycles. The minimum Gasteiger partial charge on any atom is -0.497 e. The second-order valence-electron chi connectivity index (χ2n) is 8.85. The molecule has 1 aliphatic carbocycles. The summed E-state index contributed by atoms with van der Waals surface area (Å²) in [6.45, 7) is 5.78. The molecule has 0 fully saturated rings. The van der Waals surface area contributed by atoms with E-state index in [1.807, 2.05) is 39.0 Å². The number of amidine groups is 2. The van der Waals surface area contributed by atoms with E-state index in [1.165, 1.54) is 12.1 Å². The van der Waals surface area contributed by atoms with Crippen molar-refractivity contribution in [2.45, 2.75) is 43.7 Å². The zero-order chi connectivity index (χ0) is 25.9. The molecule has 190 valence electrons. The van der Waals surface area contributed by atoms with Gasteiger partial charge in [0, 0.05) is 29.6 Å². The molecule has 2 aliphatic rings. The van der Waals surface area contributed by atoms with Crippen LogP contribution in [0.5, 0.6) is 17.2 Å². The fraction of sp³-hybridized carbons (Fsp3) is 0.308. The summed E-state index contributed by atoms with van der Waals surface area (Å²) in [4.78, 5) is 4.92. The van der Waals surface area contributed by atoms with Crippen LogP contribution in [0.1, 0.15) is 27.2 Å². The molecule has 2 aromatic carbocycles. The summed E-state index contributed by atoms with van der Waals surface area (Å²) < 4.78 is 47.0. The van der Waals surface area contributed by atoms with Crippen molar-refractivity contribution in [1.82, 2.24) is 5.32 Å². The molecule has 0 saturated carbocycles. The molecule has 2 N–H and O–H groups in total. The lowest BCUT2D eigenvalue weighted by Crippen LogP contribution is -2.49. The number of aliphatic imine (C=N–C) groups is 1. The SMILES string of the molecule is COc1cc(NC2=NC3(C)CC=CC=C3N/C2=N/S(=O)(=O)c2ccc(OC(C)C)cc2)cc(OC)c1. The van der Waals surface area contributed by atoms with Crippen molar-refractivity contribution < 1.29 is 22.6 Å². The van der Waals surface area contributed by atoms with Crippen molar-refractivity contribution in [2.75, 3.05) is 19.5 Å². The van der Waals surface area contributed by atoms with E-state index >= 15 is 0 Å². The third-order valence-electron chi connectivity index (χ3n) is 5.65. The molecule has 1 aliphatic heterocycles. The van der Waals surface area contributed by atoms with E-state index in [0.29, 0.717) is 29.4 Å². The van der Waals surface area contributed by atoms with Crippen molar-refractivity contribution in [3.63, 3.8) is 0 Å². The van der Waals surface area contributed by atoms with Crippen molar-refractivity contribution in [2.24, 2.45) is 9.39 Å². The van der Waals surface area contributed by atoms with Gasteiger partial charge in [0.15, 0.2) is 11.7 Å². The van der Waals surface area contributed by atoms with Crippen molar-refractivity contribution in [3.05, 3.63) is 66.4 Å². The van der Waals surface area contributed by atoms with Gasteiger partial charge >= 0.3 is 0 Å². The molecular formula is C26H30N4O5S. The monoisotopic (exact) mass is 510 g/mol. The number of ether oxygens (including phenoxy) is 3. The second-order valence-corrected chi connectivity index (χ2v) is 10.5. The molecule has 36 heavy (non-hydrogen) atoms. The molecule has 10 heteroatoms. The summed E-state index contributed by atoms with van der Waals surface area (Å²) in [5, 5.41) is 6.39. The van der Waals surface area contributed by atoms with Crippen LogP contribution in [0.2, 0.25) is 0 Å². The largest absolute Gasteiger partial charge is 0.497 e. The topological polar surface area (TPSA) is 111 Å². The van der Waals surface area contributed by atoms with Gasteiger partial charge in [-0.15, -0.1) is 4.40 Å². The first-order valence-corrected chi connectivity index (χ1v) is 12.9. The van der Waals surface area contributed by atoms with Crippen LogP contribution >= 0.6 is 0 Å². The Morgan fingerprint density at radius 3 is 2.33 bits per heavy atom. The second kappa shape index (κ2) is 10.1. The van der Waals surface area contributed by atoms with Gasteiger partial charge in [0.1, 0.15) is 22.8 Å². The first-order valence-electron chi connectivity index (χ1n) is 11.5. The van der Waals surface area contributed by atoms with Gasteiger partial charge in [-0.2, -0.15) is 8.42 Å². The van der Waals surface area contributed by atoms with Crippen LogP contribution in [-0.4, -0.2) is 46.0 Å². The third-order valence-corrected chi connectivity index (χ3v) is 6.94.